The molecule has 0 amide bonds. The van der Waals surface area contributed by atoms with Gasteiger partial charge in [0.1, 0.15) is 11.5 Å². The zero-order valence-electron chi connectivity index (χ0n) is 20.5. The fraction of sp³-hybridized carbons (Fsp3) is 0.440. The number of rotatable bonds is 7. The minimum atomic E-state index is -0.464. The van der Waals surface area contributed by atoms with Crippen molar-refractivity contribution in [2.45, 2.75) is 0 Å². The zero-order chi connectivity index (χ0) is 24.7. The van der Waals surface area contributed by atoms with Crippen molar-refractivity contribution in [3.8, 4) is 11.5 Å². The number of nitrogens with zero attached hydrogens (tertiary/aromatic N) is 4. The molecule has 4 rings (SSSR count). The number of likely N-dealkylation sites (N-methyl/N-ethyl adjacent to an activating group) is 3. The third-order valence-electron chi connectivity index (χ3n) is 6.47. The quantitative estimate of drug-likeness (QED) is 0.448. The van der Waals surface area contributed by atoms with Crippen LogP contribution < -0.4 is 15.1 Å². The molecule has 2 aliphatic rings. The molecule has 0 radical (unpaired) electrons. The van der Waals surface area contributed by atoms with E-state index in [2.05, 4.69) is 20.0 Å². The fourth-order valence-electron chi connectivity index (χ4n) is 4.62. The highest BCUT2D eigenvalue weighted by atomic mass is 16.3. The Hall–Kier alpha value is -3.30. The van der Waals surface area contributed by atoms with Crippen LogP contribution in [0.1, 0.15) is 31.8 Å². The van der Waals surface area contributed by atoms with Crippen LogP contribution in [0.15, 0.2) is 18.2 Å². The van der Waals surface area contributed by atoms with Crippen LogP contribution in [0.5, 0.6) is 11.5 Å². The number of hydrogen-bond acceptors (Lipinski definition) is 9. The maximum atomic E-state index is 13.9. The Balaban J connectivity index is 1.95. The van der Waals surface area contributed by atoms with E-state index in [0.29, 0.717) is 31.0 Å². The summed E-state index contributed by atoms with van der Waals surface area (Å²) in [5.74, 6) is -1.53. The smallest absolute Gasteiger partial charge is 0.200 e. The van der Waals surface area contributed by atoms with E-state index in [-0.39, 0.29) is 33.8 Å². The maximum absolute atomic E-state index is 13.9. The van der Waals surface area contributed by atoms with Crippen molar-refractivity contribution in [1.29, 1.82) is 0 Å². The van der Waals surface area contributed by atoms with Crippen LogP contribution in [0.2, 0.25) is 0 Å². The van der Waals surface area contributed by atoms with E-state index < -0.39 is 11.6 Å². The molecule has 9 heteroatoms. The largest absolute Gasteiger partial charge is 0.507 e. The Bertz CT molecular complexity index is 1140. The summed E-state index contributed by atoms with van der Waals surface area (Å²) in [4.78, 5) is 36.0. The molecule has 0 saturated carbocycles. The van der Waals surface area contributed by atoms with Crippen molar-refractivity contribution in [3.63, 3.8) is 0 Å². The van der Waals surface area contributed by atoms with Gasteiger partial charge in [-0.05, 0) is 46.4 Å². The summed E-state index contributed by atoms with van der Waals surface area (Å²) in [5, 5.41) is 24.3. The number of aromatic hydroxyl groups is 2. The minimum absolute atomic E-state index is 0.133. The number of carbonyl (C=O) groups is 2. The molecule has 0 saturated heterocycles. The van der Waals surface area contributed by atoms with Crippen molar-refractivity contribution in [2.75, 3.05) is 89.6 Å². The van der Waals surface area contributed by atoms with Crippen LogP contribution >= 0.6 is 0 Å². The lowest BCUT2D eigenvalue weighted by molar-refractivity contribution is 0.0975. The number of anilines is 3. The molecule has 182 valence electrons. The van der Waals surface area contributed by atoms with Crippen molar-refractivity contribution in [3.05, 3.63) is 40.5 Å². The molecule has 1 aliphatic heterocycles. The zero-order valence-corrected chi connectivity index (χ0v) is 20.5. The van der Waals surface area contributed by atoms with Gasteiger partial charge in [0.2, 0.25) is 11.6 Å². The highest BCUT2D eigenvalue weighted by Crippen LogP contribution is 2.48. The normalized spacial score (nSPS) is 15.0. The molecule has 1 aliphatic carbocycles. The highest BCUT2D eigenvalue weighted by molar-refractivity contribution is 6.34. The van der Waals surface area contributed by atoms with Gasteiger partial charge in [-0.2, -0.15) is 0 Å². The van der Waals surface area contributed by atoms with Gasteiger partial charge in [-0.25, -0.2) is 0 Å². The van der Waals surface area contributed by atoms with Gasteiger partial charge in [0.15, 0.2) is 0 Å². The molecule has 0 aromatic heterocycles. The lowest BCUT2D eigenvalue weighted by atomic mass is 9.80. The Morgan fingerprint density at radius 2 is 1.47 bits per heavy atom. The van der Waals surface area contributed by atoms with Gasteiger partial charge in [-0.1, -0.05) is 0 Å². The molecule has 0 spiro atoms. The second kappa shape index (κ2) is 9.15. The first-order chi connectivity index (χ1) is 16.1. The van der Waals surface area contributed by atoms with Crippen LogP contribution in [0.25, 0.3) is 0 Å². The number of phenols is 2. The summed E-state index contributed by atoms with van der Waals surface area (Å²) in [6, 6.07) is 4.44. The predicted octanol–water partition coefficient (Wildman–Crippen LogP) is 1.66. The molecule has 1 heterocycles. The number of ketones is 2. The molecule has 9 nitrogen and oxygen atoms in total. The Morgan fingerprint density at radius 3 is 2.06 bits per heavy atom. The van der Waals surface area contributed by atoms with Gasteiger partial charge < -0.3 is 35.1 Å². The fourth-order valence-corrected chi connectivity index (χ4v) is 4.62. The van der Waals surface area contributed by atoms with E-state index in [0.717, 1.165) is 25.3 Å². The van der Waals surface area contributed by atoms with Gasteiger partial charge in [0.05, 0.1) is 33.6 Å². The molecule has 0 fully saturated rings. The van der Waals surface area contributed by atoms with Crippen molar-refractivity contribution >= 4 is 28.6 Å². The predicted molar refractivity (Wildman–Crippen MR) is 134 cm³/mol. The van der Waals surface area contributed by atoms with Gasteiger partial charge in [-0.15, -0.1) is 0 Å². The monoisotopic (exact) mass is 467 g/mol. The molecular weight excluding hydrogens is 434 g/mol. The maximum Gasteiger partial charge on any atom is 0.200 e. The van der Waals surface area contributed by atoms with E-state index in [4.69, 9.17) is 0 Å². The second-order valence-electron chi connectivity index (χ2n) is 9.50. The van der Waals surface area contributed by atoms with Crippen LogP contribution in [-0.4, -0.2) is 106 Å². The number of phenolic OH excluding ortho intramolecular Hbond substituents is 2. The van der Waals surface area contributed by atoms with Crippen molar-refractivity contribution < 1.29 is 19.8 Å². The molecular formula is C25H33N5O4. The number of carbonyl (C=O) groups excluding carboxylic acids is 2. The molecule has 2 aromatic rings. The van der Waals surface area contributed by atoms with Crippen molar-refractivity contribution in [2.24, 2.45) is 0 Å². The van der Waals surface area contributed by atoms with E-state index >= 15 is 0 Å². The summed E-state index contributed by atoms with van der Waals surface area (Å²) in [6.45, 7) is 4.27. The van der Waals surface area contributed by atoms with E-state index in [1.54, 1.807) is 0 Å². The van der Waals surface area contributed by atoms with E-state index in [1.807, 2.05) is 46.2 Å². The topological polar surface area (TPSA) is 99.6 Å². The van der Waals surface area contributed by atoms with E-state index in [1.165, 1.54) is 12.1 Å². The van der Waals surface area contributed by atoms with Crippen LogP contribution in [0.3, 0.4) is 0 Å². The summed E-state index contributed by atoms with van der Waals surface area (Å²) < 4.78 is 0. The van der Waals surface area contributed by atoms with Crippen LogP contribution in [0.4, 0.5) is 17.1 Å². The number of nitrogens with one attached hydrogen (secondary N) is 1. The minimum Gasteiger partial charge on any atom is -0.507 e. The summed E-state index contributed by atoms with van der Waals surface area (Å²) in [6.07, 6.45) is 0. The Kier molecular flexibility index (Phi) is 6.42. The van der Waals surface area contributed by atoms with Gasteiger partial charge in [0, 0.05) is 52.0 Å². The second-order valence-corrected chi connectivity index (χ2v) is 9.50. The SMILES string of the molecule is CN(C)CCNc1cc2c(c3c1C(=O)c1c(O)ccc(O)c1C3=O)N(CCN(C)C)CCN2C. The lowest BCUT2D eigenvalue weighted by Gasteiger charge is -2.40. The number of fused-ring (bicyclic) bond motifs is 4. The van der Waals surface area contributed by atoms with Gasteiger partial charge in [-0.3, -0.25) is 9.59 Å². The average molecular weight is 468 g/mol. The first kappa shape index (κ1) is 23.8. The summed E-state index contributed by atoms with van der Waals surface area (Å²) in [5.41, 5.74) is 2.39. The van der Waals surface area contributed by atoms with Crippen LogP contribution in [-0.2, 0) is 0 Å². The molecule has 0 atom stereocenters. The third-order valence-corrected chi connectivity index (χ3v) is 6.47. The molecule has 0 unspecified atom stereocenters. The molecule has 0 bridgehead atoms. The first-order valence-electron chi connectivity index (χ1n) is 11.5. The van der Waals surface area contributed by atoms with Crippen molar-refractivity contribution in [1.82, 2.24) is 9.80 Å². The number of hydrogen-bond donors (Lipinski definition) is 3. The van der Waals surface area contributed by atoms with Gasteiger partial charge >= 0.3 is 0 Å². The summed E-state index contributed by atoms with van der Waals surface area (Å²) in [7, 11) is 9.90. The standard InChI is InChI=1S/C25H33N5O4/c1-27(2)9-8-26-15-14-16-23(30(12-10-28(3)4)13-11-29(16)5)22-19(15)24(33)20-17(31)6-7-18(32)21(20)25(22)34/h6-7,14,26,31-32H,8-13H2,1-5H3. The first-order valence-corrected chi connectivity index (χ1v) is 11.5. The van der Waals surface area contributed by atoms with Crippen LogP contribution in [0, 0.1) is 0 Å². The van der Waals surface area contributed by atoms with E-state index in [9.17, 15) is 19.8 Å². The Labute approximate surface area is 200 Å². The Morgan fingerprint density at radius 1 is 0.882 bits per heavy atom. The third kappa shape index (κ3) is 4.05. The molecule has 2 aromatic carbocycles. The molecule has 34 heavy (non-hydrogen) atoms. The summed E-state index contributed by atoms with van der Waals surface area (Å²) >= 11 is 0. The van der Waals surface area contributed by atoms with Gasteiger partial charge in [0.25, 0.3) is 0 Å². The number of benzene rings is 2. The molecule has 3 N–H and O–H groups in total. The highest BCUT2D eigenvalue weighted by Gasteiger charge is 2.41. The average Bonchev–Trinajstić information content (AvgIpc) is 2.77. The lowest BCUT2D eigenvalue weighted by Crippen LogP contribution is -2.44.